The molecule has 0 aromatic carbocycles. The van der Waals surface area contributed by atoms with E-state index in [4.69, 9.17) is 11.1 Å². The summed E-state index contributed by atoms with van der Waals surface area (Å²) in [6, 6.07) is 0. The van der Waals surface area contributed by atoms with Gasteiger partial charge >= 0.3 is 43.7 Å². The van der Waals surface area contributed by atoms with Gasteiger partial charge in [-0.15, -0.1) is 0 Å². The first-order valence-electron chi connectivity index (χ1n) is 2.09. The fourth-order valence-corrected chi connectivity index (χ4v) is 0.264. The van der Waals surface area contributed by atoms with Crippen molar-refractivity contribution in [2.45, 2.75) is 0 Å². The summed E-state index contributed by atoms with van der Waals surface area (Å²) in [5, 5.41) is 8.83. The van der Waals surface area contributed by atoms with Gasteiger partial charge in [-0.2, -0.15) is 0 Å². The number of carbonyl (C=O) groups is 1. The molecule has 0 atom stereocenters. The Morgan fingerprint density at radius 1 is 1.80 bits per heavy atom. The van der Waals surface area contributed by atoms with E-state index in [-0.39, 0.29) is 50.2 Å². The van der Waals surface area contributed by atoms with Crippen molar-refractivity contribution in [1.29, 1.82) is 5.41 Å². The third-order valence-electron chi connectivity index (χ3n) is 0.525. The summed E-state index contributed by atoms with van der Waals surface area (Å²) in [7, 11) is 0. The van der Waals surface area contributed by atoms with E-state index in [9.17, 15) is 4.79 Å². The maximum atomic E-state index is 10.2. The third kappa shape index (κ3) is 8.35. The van der Waals surface area contributed by atoms with Crippen LogP contribution < -0.4 is 11.1 Å². The molecule has 4 N–H and O–H groups in total. The third-order valence-corrected chi connectivity index (χ3v) is 0.729. The van der Waals surface area contributed by atoms with E-state index in [1.165, 1.54) is 0 Å². The van der Waals surface area contributed by atoms with Gasteiger partial charge in [-0.05, 0) is 0 Å². The first-order valence-corrected chi connectivity index (χ1v) is 2.45. The van der Waals surface area contributed by atoms with Crippen molar-refractivity contribution in [2.24, 2.45) is 5.73 Å². The number of hydrogen-bond donors (Lipinski definition) is 4. The van der Waals surface area contributed by atoms with Crippen molar-refractivity contribution in [3.63, 3.8) is 0 Å². The van der Waals surface area contributed by atoms with Crippen LogP contribution in [0.25, 0.3) is 0 Å². The fraction of sp³-hybridized carbons (Fsp3) is 0.333. The zero-order chi connectivity index (χ0) is 7.28. The molecule has 7 heteroatoms. The standard InChI is InChI=1S/C3H7N3O2S.Ca.2H/c4-3(5)6-1-2(7)8-9;;;/h9H,1H2,(H4,4,5,6);;;. The van der Waals surface area contributed by atoms with Crippen LogP contribution in [0.15, 0.2) is 0 Å². The van der Waals surface area contributed by atoms with Crippen LogP contribution in [0.3, 0.4) is 0 Å². The Morgan fingerprint density at radius 2 is 2.30 bits per heavy atom. The van der Waals surface area contributed by atoms with Crippen LogP contribution in [-0.2, 0) is 8.98 Å². The van der Waals surface area contributed by atoms with Crippen molar-refractivity contribution in [3.8, 4) is 0 Å². The molecular weight excluding hydrogens is 182 g/mol. The molecule has 56 valence electrons. The van der Waals surface area contributed by atoms with Gasteiger partial charge in [0.15, 0.2) is 5.96 Å². The van der Waals surface area contributed by atoms with E-state index >= 15 is 0 Å². The predicted octanol–water partition coefficient (Wildman–Crippen LogP) is -2.06. The summed E-state index contributed by atoms with van der Waals surface area (Å²) in [4.78, 5) is 10.2. The maximum absolute atomic E-state index is 10.2. The van der Waals surface area contributed by atoms with Crippen molar-refractivity contribution in [2.75, 3.05) is 6.54 Å². The Morgan fingerprint density at radius 3 is 2.60 bits per heavy atom. The molecule has 0 unspecified atom stereocenters. The molecule has 0 heterocycles. The average Bonchev–Trinajstić information content (AvgIpc) is 1.83. The molecule has 0 aliphatic rings. The second-order valence-corrected chi connectivity index (χ2v) is 1.41. The van der Waals surface area contributed by atoms with Crippen molar-refractivity contribution in [1.82, 2.24) is 5.32 Å². The van der Waals surface area contributed by atoms with Crippen LogP contribution in [0.5, 0.6) is 0 Å². The topological polar surface area (TPSA) is 88.2 Å². The number of carbonyl (C=O) groups excluding carboxylic acids is 1. The van der Waals surface area contributed by atoms with E-state index < -0.39 is 5.97 Å². The number of thiol groups is 1. The molecule has 0 fully saturated rings. The Bertz CT molecular complexity index is 131. The van der Waals surface area contributed by atoms with Gasteiger partial charge in [0, 0.05) is 12.9 Å². The summed E-state index contributed by atoms with van der Waals surface area (Å²) in [5.74, 6) is -0.845. The Balaban J connectivity index is 0. The molecule has 0 aromatic heterocycles. The van der Waals surface area contributed by atoms with Crippen LogP contribution in [0.2, 0.25) is 0 Å². The van der Waals surface area contributed by atoms with Gasteiger partial charge in [-0.1, -0.05) is 0 Å². The monoisotopic (exact) mass is 191 g/mol. The van der Waals surface area contributed by atoms with Gasteiger partial charge in [0.2, 0.25) is 0 Å². The number of nitrogens with two attached hydrogens (primary N) is 1. The molecule has 10 heavy (non-hydrogen) atoms. The summed E-state index contributed by atoms with van der Waals surface area (Å²) in [6.07, 6.45) is 0. The van der Waals surface area contributed by atoms with Crippen molar-refractivity contribution < 1.29 is 8.98 Å². The minimum absolute atomic E-state index is 0. The fourth-order valence-electron chi connectivity index (χ4n) is 0.200. The Labute approximate surface area is 93.8 Å². The van der Waals surface area contributed by atoms with Gasteiger partial charge in [0.05, 0.1) is 0 Å². The molecule has 0 aromatic rings. The molecule has 0 aliphatic heterocycles. The summed E-state index contributed by atoms with van der Waals surface area (Å²) in [5.41, 5.74) is 4.83. The van der Waals surface area contributed by atoms with Crippen molar-refractivity contribution in [3.05, 3.63) is 0 Å². The van der Waals surface area contributed by atoms with Crippen molar-refractivity contribution >= 4 is 62.6 Å². The zero-order valence-electron chi connectivity index (χ0n) is 4.55. The normalized spacial score (nSPS) is 7.30. The molecule has 5 nitrogen and oxygen atoms in total. The summed E-state index contributed by atoms with van der Waals surface area (Å²) < 4.78 is 3.94. The first kappa shape index (κ1) is 13.0. The zero-order valence-corrected chi connectivity index (χ0v) is 5.44. The van der Waals surface area contributed by atoms with Crippen LogP contribution in [0.1, 0.15) is 0 Å². The van der Waals surface area contributed by atoms with E-state index in [2.05, 4.69) is 22.4 Å². The Hall–Kier alpha value is 0.350. The van der Waals surface area contributed by atoms with Crippen LogP contribution in [-0.4, -0.2) is 56.2 Å². The van der Waals surface area contributed by atoms with E-state index in [0.29, 0.717) is 0 Å². The van der Waals surface area contributed by atoms with Gasteiger partial charge < -0.3 is 15.2 Å². The van der Waals surface area contributed by atoms with Gasteiger partial charge in [0.1, 0.15) is 6.54 Å². The summed E-state index contributed by atoms with van der Waals surface area (Å²) in [6.45, 7) is -0.126. The molecule has 0 saturated carbocycles. The molecule has 0 aliphatic carbocycles. The van der Waals surface area contributed by atoms with Gasteiger partial charge in [-0.3, -0.25) is 5.41 Å². The molecule has 0 bridgehead atoms. The number of guanidine groups is 1. The van der Waals surface area contributed by atoms with Gasteiger partial charge in [-0.25, -0.2) is 4.79 Å². The first-order chi connectivity index (χ1) is 4.16. The molecule has 0 saturated heterocycles. The second kappa shape index (κ2) is 7.46. The summed E-state index contributed by atoms with van der Waals surface area (Å²) >= 11 is 3.22. The van der Waals surface area contributed by atoms with Crippen LogP contribution in [0, 0.1) is 5.41 Å². The number of hydrogen-bond acceptors (Lipinski definition) is 4. The quantitative estimate of drug-likeness (QED) is 0.133. The molecule has 0 radical (unpaired) electrons. The Kier molecular flexibility index (Phi) is 9.68. The predicted molar refractivity (Wildman–Crippen MR) is 43.5 cm³/mol. The minimum atomic E-state index is -0.575. The number of rotatable bonds is 2. The van der Waals surface area contributed by atoms with Crippen LogP contribution >= 0.6 is 12.9 Å². The SMILES string of the molecule is N=C(N)NCC(=O)OS.[CaH2]. The molecular formula is C3H9CaN3O2S. The van der Waals surface area contributed by atoms with E-state index in [1.807, 2.05) is 0 Å². The molecule has 0 amide bonds. The second-order valence-electron chi connectivity index (χ2n) is 1.23. The van der Waals surface area contributed by atoms with E-state index in [1.54, 1.807) is 0 Å². The molecule has 0 rings (SSSR count). The van der Waals surface area contributed by atoms with E-state index in [0.717, 1.165) is 0 Å². The number of nitrogens with one attached hydrogen (secondary N) is 2. The molecule has 0 spiro atoms. The average molecular weight is 191 g/mol. The van der Waals surface area contributed by atoms with Gasteiger partial charge in [0.25, 0.3) is 0 Å². The van der Waals surface area contributed by atoms with Crippen LogP contribution in [0.4, 0.5) is 0 Å².